The highest BCUT2D eigenvalue weighted by molar-refractivity contribution is 5.11. The second kappa shape index (κ2) is 6.09. The fraction of sp³-hybridized carbons (Fsp3) is 0.438. The van der Waals surface area contributed by atoms with E-state index >= 15 is 0 Å². The minimum atomic E-state index is 0.613. The Labute approximate surface area is 119 Å². The molecular weight excluding hydrogens is 248 g/mol. The van der Waals surface area contributed by atoms with Crippen LogP contribution in [0.3, 0.4) is 0 Å². The smallest absolute Gasteiger partial charge is 0.125 e. The maximum atomic E-state index is 4.48. The van der Waals surface area contributed by atoms with E-state index in [0.717, 1.165) is 25.5 Å². The first-order valence-electron chi connectivity index (χ1n) is 7.22. The van der Waals surface area contributed by atoms with Crippen molar-refractivity contribution in [3.63, 3.8) is 0 Å². The van der Waals surface area contributed by atoms with Crippen molar-refractivity contribution in [3.8, 4) is 0 Å². The van der Waals surface area contributed by atoms with Crippen LogP contribution < -0.4 is 0 Å². The van der Waals surface area contributed by atoms with Crippen molar-refractivity contribution in [1.29, 1.82) is 0 Å². The van der Waals surface area contributed by atoms with E-state index in [1.54, 1.807) is 0 Å². The van der Waals surface area contributed by atoms with Crippen molar-refractivity contribution in [2.24, 2.45) is 0 Å². The quantitative estimate of drug-likeness (QED) is 0.858. The third-order valence-corrected chi connectivity index (χ3v) is 3.93. The summed E-state index contributed by atoms with van der Waals surface area (Å²) in [5, 5.41) is 0. The van der Waals surface area contributed by atoms with E-state index in [4.69, 9.17) is 0 Å². The Morgan fingerprint density at radius 3 is 2.50 bits per heavy atom. The number of rotatable bonds is 3. The monoisotopic (exact) mass is 268 g/mol. The van der Waals surface area contributed by atoms with Gasteiger partial charge in [0.15, 0.2) is 0 Å². The Kier molecular flexibility index (Phi) is 4.02. The van der Waals surface area contributed by atoms with Crippen LogP contribution in [0.2, 0.25) is 0 Å². The number of hydrogen-bond acceptors (Lipinski definition) is 4. The lowest BCUT2D eigenvalue weighted by atomic mass is 9.93. The summed E-state index contributed by atoms with van der Waals surface area (Å²) in [6, 6.07) is 6.21. The van der Waals surface area contributed by atoms with Crippen LogP contribution in [0.5, 0.6) is 0 Å². The standard InChI is InChI=1S/C16H20N4/c1-13-18-10-14(11-19-13)12-20-8-5-15(6-9-20)16-4-2-3-7-17-16/h2-4,7,10-11,15H,5-6,8-9,12H2,1H3. The van der Waals surface area contributed by atoms with Crippen LogP contribution in [0, 0.1) is 6.92 Å². The maximum absolute atomic E-state index is 4.48. The van der Waals surface area contributed by atoms with Gasteiger partial charge in [0.25, 0.3) is 0 Å². The number of nitrogens with zero attached hydrogens (tertiary/aromatic N) is 4. The molecule has 0 radical (unpaired) electrons. The predicted molar refractivity (Wildman–Crippen MR) is 78.3 cm³/mol. The lowest BCUT2D eigenvalue weighted by Crippen LogP contribution is -2.32. The number of hydrogen-bond donors (Lipinski definition) is 0. The van der Waals surface area contributed by atoms with Gasteiger partial charge in [0.2, 0.25) is 0 Å². The number of aromatic nitrogens is 3. The lowest BCUT2D eigenvalue weighted by Gasteiger charge is -2.31. The molecule has 1 fully saturated rings. The van der Waals surface area contributed by atoms with Crippen molar-refractivity contribution in [3.05, 3.63) is 53.9 Å². The average molecular weight is 268 g/mol. The van der Waals surface area contributed by atoms with Gasteiger partial charge in [-0.05, 0) is 45.0 Å². The molecular formula is C16H20N4. The summed E-state index contributed by atoms with van der Waals surface area (Å²) < 4.78 is 0. The van der Waals surface area contributed by atoms with Crippen molar-refractivity contribution in [2.75, 3.05) is 13.1 Å². The third-order valence-electron chi connectivity index (χ3n) is 3.93. The molecule has 104 valence electrons. The Morgan fingerprint density at radius 2 is 1.85 bits per heavy atom. The molecule has 3 rings (SSSR count). The molecule has 0 saturated carbocycles. The van der Waals surface area contributed by atoms with Gasteiger partial charge in [-0.2, -0.15) is 0 Å². The first kappa shape index (κ1) is 13.2. The summed E-state index contributed by atoms with van der Waals surface area (Å²) in [4.78, 5) is 15.5. The van der Waals surface area contributed by atoms with Gasteiger partial charge in [-0.3, -0.25) is 9.88 Å². The molecule has 0 aliphatic carbocycles. The van der Waals surface area contributed by atoms with Gasteiger partial charge in [-0.15, -0.1) is 0 Å². The largest absolute Gasteiger partial charge is 0.299 e. The summed E-state index contributed by atoms with van der Waals surface area (Å²) in [6.45, 7) is 5.11. The van der Waals surface area contributed by atoms with Crippen LogP contribution in [0.1, 0.15) is 35.8 Å². The van der Waals surface area contributed by atoms with E-state index in [-0.39, 0.29) is 0 Å². The fourth-order valence-corrected chi connectivity index (χ4v) is 2.76. The fourth-order valence-electron chi connectivity index (χ4n) is 2.76. The Balaban J connectivity index is 1.55. The molecule has 2 aromatic rings. The third kappa shape index (κ3) is 3.20. The molecule has 1 aliphatic heterocycles. The molecule has 2 aromatic heterocycles. The number of likely N-dealkylation sites (tertiary alicyclic amines) is 1. The van der Waals surface area contributed by atoms with Crippen molar-refractivity contribution >= 4 is 0 Å². The first-order valence-corrected chi connectivity index (χ1v) is 7.22. The Hall–Kier alpha value is -1.81. The summed E-state index contributed by atoms with van der Waals surface area (Å²) in [5.74, 6) is 1.45. The molecule has 0 spiro atoms. The molecule has 20 heavy (non-hydrogen) atoms. The van der Waals surface area contributed by atoms with E-state index < -0.39 is 0 Å². The predicted octanol–water partition coefficient (Wildman–Crippen LogP) is 2.56. The molecule has 0 unspecified atom stereocenters. The summed E-state index contributed by atoms with van der Waals surface area (Å²) in [5.41, 5.74) is 2.44. The number of pyridine rings is 1. The van der Waals surface area contributed by atoms with Gasteiger partial charge in [-0.25, -0.2) is 9.97 Å². The van der Waals surface area contributed by atoms with Gasteiger partial charge >= 0.3 is 0 Å². The second-order valence-corrected chi connectivity index (χ2v) is 5.44. The number of piperidine rings is 1. The SMILES string of the molecule is Cc1ncc(CN2CCC(c3ccccn3)CC2)cn1. The van der Waals surface area contributed by atoms with Crippen LogP contribution in [-0.4, -0.2) is 32.9 Å². The molecule has 0 aromatic carbocycles. The molecule has 1 saturated heterocycles. The van der Waals surface area contributed by atoms with Gasteiger partial charge in [0.05, 0.1) is 0 Å². The van der Waals surface area contributed by atoms with Crippen LogP contribution in [0.25, 0.3) is 0 Å². The summed E-state index contributed by atoms with van der Waals surface area (Å²) in [7, 11) is 0. The highest BCUT2D eigenvalue weighted by Crippen LogP contribution is 2.26. The zero-order chi connectivity index (χ0) is 13.8. The van der Waals surface area contributed by atoms with Gasteiger partial charge in [0.1, 0.15) is 5.82 Å². The molecule has 4 heteroatoms. The maximum Gasteiger partial charge on any atom is 0.125 e. The van der Waals surface area contributed by atoms with E-state index in [1.165, 1.54) is 24.1 Å². The van der Waals surface area contributed by atoms with Gasteiger partial charge in [0, 0.05) is 42.3 Å². The molecule has 3 heterocycles. The van der Waals surface area contributed by atoms with Crippen LogP contribution in [-0.2, 0) is 6.54 Å². The molecule has 0 N–H and O–H groups in total. The van der Waals surface area contributed by atoms with Gasteiger partial charge in [-0.1, -0.05) is 6.07 Å². The van der Waals surface area contributed by atoms with Gasteiger partial charge < -0.3 is 0 Å². The lowest BCUT2D eigenvalue weighted by molar-refractivity contribution is 0.203. The Morgan fingerprint density at radius 1 is 1.10 bits per heavy atom. The van der Waals surface area contributed by atoms with E-state index in [1.807, 2.05) is 31.6 Å². The van der Waals surface area contributed by atoms with Crippen LogP contribution >= 0.6 is 0 Å². The molecule has 1 aliphatic rings. The minimum absolute atomic E-state index is 0.613. The molecule has 0 bridgehead atoms. The normalized spacial score (nSPS) is 17.2. The zero-order valence-corrected chi connectivity index (χ0v) is 11.9. The van der Waals surface area contributed by atoms with Crippen molar-refractivity contribution < 1.29 is 0 Å². The molecule has 0 atom stereocenters. The number of aryl methyl sites for hydroxylation is 1. The Bertz CT molecular complexity index is 530. The van der Waals surface area contributed by atoms with Crippen molar-refractivity contribution in [1.82, 2.24) is 19.9 Å². The highest BCUT2D eigenvalue weighted by Gasteiger charge is 2.21. The molecule has 0 amide bonds. The van der Waals surface area contributed by atoms with E-state index in [9.17, 15) is 0 Å². The summed E-state index contributed by atoms with van der Waals surface area (Å²) in [6.07, 6.45) is 8.14. The topological polar surface area (TPSA) is 41.9 Å². The van der Waals surface area contributed by atoms with Crippen molar-refractivity contribution in [2.45, 2.75) is 32.2 Å². The van der Waals surface area contributed by atoms with Crippen LogP contribution in [0.4, 0.5) is 0 Å². The second-order valence-electron chi connectivity index (χ2n) is 5.44. The van der Waals surface area contributed by atoms with E-state index in [0.29, 0.717) is 5.92 Å². The molecule has 4 nitrogen and oxygen atoms in total. The highest BCUT2D eigenvalue weighted by atomic mass is 15.1. The first-order chi connectivity index (χ1) is 9.81. The average Bonchev–Trinajstić information content (AvgIpc) is 2.51. The summed E-state index contributed by atoms with van der Waals surface area (Å²) >= 11 is 0. The minimum Gasteiger partial charge on any atom is -0.299 e. The van der Waals surface area contributed by atoms with E-state index in [2.05, 4.69) is 32.0 Å². The zero-order valence-electron chi connectivity index (χ0n) is 11.9. The van der Waals surface area contributed by atoms with Crippen LogP contribution in [0.15, 0.2) is 36.8 Å².